The van der Waals surface area contributed by atoms with Gasteiger partial charge in [0, 0.05) is 0 Å². The molecule has 27 heavy (non-hydrogen) atoms. The van der Waals surface area contributed by atoms with Crippen molar-refractivity contribution in [3.63, 3.8) is 0 Å². The number of hydrogen-bond acceptors (Lipinski definition) is 4. The molecule has 0 bridgehead atoms. The van der Waals surface area contributed by atoms with Gasteiger partial charge in [0.1, 0.15) is 0 Å². The Morgan fingerprint density at radius 3 is 2.00 bits per heavy atom. The first-order valence-electron chi connectivity index (χ1n) is 10.5. The number of ether oxygens (including phenoxy) is 2. The molecule has 0 fully saturated rings. The zero-order chi connectivity index (χ0) is 19.9. The first-order valence-corrected chi connectivity index (χ1v) is 10.5. The summed E-state index contributed by atoms with van der Waals surface area (Å²) in [6.45, 7) is 7.13. The minimum absolute atomic E-state index is 0.328. The Morgan fingerprint density at radius 1 is 0.852 bits per heavy atom. The summed E-state index contributed by atoms with van der Waals surface area (Å²) >= 11 is 0. The maximum absolute atomic E-state index is 12.2. The standard InChI is InChI=1S/C23H36O4/c1-4-6-7-8-9-10-11-12-16-26-22(24)20-14-13-15-21(17-20)23(25)27-18-19(3)5-2/h13-15,17,19H,4-12,16,18H2,1-3H3. The Hall–Kier alpha value is -1.84. The Kier molecular flexibility index (Phi) is 12.2. The predicted octanol–water partition coefficient (Wildman–Crippen LogP) is 6.19. The number of carbonyl (C=O) groups is 2. The molecular formula is C23H36O4. The van der Waals surface area contributed by atoms with E-state index in [1.54, 1.807) is 24.3 Å². The van der Waals surface area contributed by atoms with Gasteiger partial charge in [-0.05, 0) is 30.5 Å². The summed E-state index contributed by atoms with van der Waals surface area (Å²) < 4.78 is 10.6. The van der Waals surface area contributed by atoms with Crippen molar-refractivity contribution in [2.24, 2.45) is 5.92 Å². The molecule has 0 spiro atoms. The highest BCUT2D eigenvalue weighted by Crippen LogP contribution is 2.12. The molecule has 4 heteroatoms. The monoisotopic (exact) mass is 376 g/mol. The van der Waals surface area contributed by atoms with Crippen LogP contribution in [0.15, 0.2) is 24.3 Å². The van der Waals surface area contributed by atoms with Crippen molar-refractivity contribution in [3.8, 4) is 0 Å². The molecule has 1 aromatic rings. The third-order valence-corrected chi connectivity index (χ3v) is 4.76. The van der Waals surface area contributed by atoms with Gasteiger partial charge in [-0.1, -0.05) is 78.2 Å². The van der Waals surface area contributed by atoms with E-state index in [-0.39, 0.29) is 5.97 Å². The van der Waals surface area contributed by atoms with E-state index in [4.69, 9.17) is 9.47 Å². The molecule has 0 saturated carbocycles. The van der Waals surface area contributed by atoms with Crippen LogP contribution in [0.4, 0.5) is 0 Å². The molecule has 0 aliphatic heterocycles. The number of rotatable bonds is 14. The summed E-state index contributed by atoms with van der Waals surface area (Å²) in [5.41, 5.74) is 0.785. The van der Waals surface area contributed by atoms with E-state index in [0.717, 1.165) is 19.3 Å². The molecule has 0 N–H and O–H groups in total. The number of hydrogen-bond donors (Lipinski definition) is 0. The van der Waals surface area contributed by atoms with Crippen molar-refractivity contribution in [1.29, 1.82) is 0 Å². The lowest BCUT2D eigenvalue weighted by Crippen LogP contribution is -2.13. The maximum Gasteiger partial charge on any atom is 0.338 e. The summed E-state index contributed by atoms with van der Waals surface area (Å²) in [6.07, 6.45) is 10.6. The van der Waals surface area contributed by atoms with Crippen LogP contribution in [0.25, 0.3) is 0 Å². The molecule has 4 nitrogen and oxygen atoms in total. The molecular weight excluding hydrogens is 340 g/mol. The Bertz CT molecular complexity index is 553. The van der Waals surface area contributed by atoms with Crippen LogP contribution < -0.4 is 0 Å². The van der Waals surface area contributed by atoms with Gasteiger partial charge >= 0.3 is 11.9 Å². The Labute approximate surface area is 164 Å². The normalized spacial score (nSPS) is 11.8. The SMILES string of the molecule is CCCCCCCCCCOC(=O)c1cccc(C(=O)OCC(C)CC)c1. The molecule has 1 aromatic carbocycles. The van der Waals surface area contributed by atoms with E-state index in [9.17, 15) is 9.59 Å². The van der Waals surface area contributed by atoms with Crippen molar-refractivity contribution in [3.05, 3.63) is 35.4 Å². The van der Waals surface area contributed by atoms with Gasteiger partial charge in [-0.15, -0.1) is 0 Å². The fourth-order valence-corrected chi connectivity index (χ4v) is 2.68. The first-order chi connectivity index (χ1) is 13.1. The minimum Gasteiger partial charge on any atom is -0.462 e. The van der Waals surface area contributed by atoms with E-state index >= 15 is 0 Å². The van der Waals surface area contributed by atoms with Gasteiger partial charge in [0.15, 0.2) is 0 Å². The van der Waals surface area contributed by atoms with Crippen LogP contribution in [0.5, 0.6) is 0 Å². The zero-order valence-electron chi connectivity index (χ0n) is 17.3. The second-order valence-corrected chi connectivity index (χ2v) is 7.30. The van der Waals surface area contributed by atoms with Crippen molar-refractivity contribution in [1.82, 2.24) is 0 Å². The molecule has 0 amide bonds. The van der Waals surface area contributed by atoms with Crippen LogP contribution in [-0.4, -0.2) is 25.2 Å². The first kappa shape index (κ1) is 23.2. The molecule has 0 aliphatic carbocycles. The van der Waals surface area contributed by atoms with E-state index < -0.39 is 5.97 Å². The lowest BCUT2D eigenvalue weighted by Gasteiger charge is -2.10. The smallest absolute Gasteiger partial charge is 0.338 e. The van der Waals surface area contributed by atoms with Crippen LogP contribution >= 0.6 is 0 Å². The summed E-state index contributed by atoms with van der Waals surface area (Å²) in [5, 5.41) is 0. The summed E-state index contributed by atoms with van der Waals surface area (Å²) in [5.74, 6) is -0.448. The van der Waals surface area contributed by atoms with E-state index in [0.29, 0.717) is 30.3 Å². The fourth-order valence-electron chi connectivity index (χ4n) is 2.68. The van der Waals surface area contributed by atoms with Gasteiger partial charge in [-0.25, -0.2) is 9.59 Å². The summed E-state index contributed by atoms with van der Waals surface area (Å²) in [6, 6.07) is 6.57. The van der Waals surface area contributed by atoms with Gasteiger partial charge in [-0.3, -0.25) is 0 Å². The molecule has 152 valence electrons. The quantitative estimate of drug-likeness (QED) is 0.287. The molecule has 0 aromatic heterocycles. The molecule has 1 atom stereocenters. The average molecular weight is 377 g/mol. The molecule has 1 unspecified atom stereocenters. The topological polar surface area (TPSA) is 52.6 Å². The number of benzene rings is 1. The van der Waals surface area contributed by atoms with Gasteiger partial charge in [0.05, 0.1) is 24.3 Å². The summed E-state index contributed by atoms with van der Waals surface area (Å²) in [7, 11) is 0. The average Bonchev–Trinajstić information content (AvgIpc) is 2.70. The van der Waals surface area contributed by atoms with E-state index in [2.05, 4.69) is 13.8 Å². The molecule has 1 rings (SSSR count). The molecule has 0 saturated heterocycles. The largest absolute Gasteiger partial charge is 0.462 e. The fraction of sp³-hybridized carbons (Fsp3) is 0.652. The molecule has 0 radical (unpaired) electrons. The maximum atomic E-state index is 12.2. The van der Waals surface area contributed by atoms with Crippen molar-refractivity contribution in [2.45, 2.75) is 78.6 Å². The third-order valence-electron chi connectivity index (χ3n) is 4.76. The van der Waals surface area contributed by atoms with Crippen LogP contribution in [0.1, 0.15) is 99.3 Å². The number of unbranched alkanes of at least 4 members (excludes halogenated alkanes) is 7. The summed E-state index contributed by atoms with van der Waals surface area (Å²) in [4.78, 5) is 24.3. The van der Waals surface area contributed by atoms with Gasteiger partial charge in [0.2, 0.25) is 0 Å². The highest BCUT2D eigenvalue weighted by molar-refractivity contribution is 5.95. The van der Waals surface area contributed by atoms with Crippen LogP contribution in [0.2, 0.25) is 0 Å². The lowest BCUT2D eigenvalue weighted by molar-refractivity contribution is 0.0447. The van der Waals surface area contributed by atoms with Gasteiger partial charge in [-0.2, -0.15) is 0 Å². The Balaban J connectivity index is 2.29. The zero-order valence-corrected chi connectivity index (χ0v) is 17.3. The number of esters is 2. The van der Waals surface area contributed by atoms with Gasteiger partial charge in [0.25, 0.3) is 0 Å². The highest BCUT2D eigenvalue weighted by atomic mass is 16.5. The van der Waals surface area contributed by atoms with Gasteiger partial charge < -0.3 is 9.47 Å². The third kappa shape index (κ3) is 10.2. The lowest BCUT2D eigenvalue weighted by atomic mass is 10.1. The predicted molar refractivity (Wildman–Crippen MR) is 109 cm³/mol. The van der Waals surface area contributed by atoms with E-state index in [1.807, 2.05) is 6.92 Å². The van der Waals surface area contributed by atoms with Crippen molar-refractivity contribution >= 4 is 11.9 Å². The highest BCUT2D eigenvalue weighted by Gasteiger charge is 2.13. The second-order valence-electron chi connectivity index (χ2n) is 7.30. The van der Waals surface area contributed by atoms with Crippen molar-refractivity contribution in [2.75, 3.05) is 13.2 Å². The van der Waals surface area contributed by atoms with Crippen molar-refractivity contribution < 1.29 is 19.1 Å². The molecule has 0 heterocycles. The second kappa shape index (κ2) is 14.2. The van der Waals surface area contributed by atoms with Crippen LogP contribution in [0.3, 0.4) is 0 Å². The Morgan fingerprint density at radius 2 is 1.41 bits per heavy atom. The minimum atomic E-state index is -0.395. The van der Waals surface area contributed by atoms with E-state index in [1.165, 1.54) is 38.5 Å². The van der Waals surface area contributed by atoms with Crippen LogP contribution in [-0.2, 0) is 9.47 Å². The number of carbonyl (C=O) groups excluding carboxylic acids is 2. The molecule has 0 aliphatic rings. The van der Waals surface area contributed by atoms with Crippen LogP contribution in [0, 0.1) is 5.92 Å².